The van der Waals surface area contributed by atoms with Gasteiger partial charge in [0.2, 0.25) is 0 Å². The van der Waals surface area contributed by atoms with Gasteiger partial charge in [0.15, 0.2) is 0 Å². The van der Waals surface area contributed by atoms with Crippen molar-refractivity contribution in [2.24, 2.45) is 0 Å². The van der Waals surface area contributed by atoms with Crippen LogP contribution in [0.25, 0.3) is 0 Å². The molecule has 186 valence electrons. The maximum absolute atomic E-state index is 13.3. The number of hydrogen-bond donors (Lipinski definition) is 2. The first-order valence-corrected chi connectivity index (χ1v) is 6.86. The van der Waals surface area contributed by atoms with Gasteiger partial charge in [0.1, 0.15) is 0 Å². The molecule has 0 radical (unpaired) electrons. The quantitative estimate of drug-likeness (QED) is 0.341. The van der Waals surface area contributed by atoms with Crippen LogP contribution in [0, 0.1) is 0 Å². The minimum atomic E-state index is -8.68. The van der Waals surface area contributed by atoms with E-state index in [1.165, 1.54) is 0 Å². The van der Waals surface area contributed by atoms with Crippen LogP contribution < -0.4 is 0 Å². The zero-order valence-electron chi connectivity index (χ0n) is 13.7. The van der Waals surface area contributed by atoms with Crippen LogP contribution in [0.15, 0.2) is 0 Å². The molecule has 0 amide bonds. The summed E-state index contributed by atoms with van der Waals surface area (Å²) >= 11 is 0. The van der Waals surface area contributed by atoms with Gasteiger partial charge in [0, 0.05) is 13.0 Å². The second kappa shape index (κ2) is 7.96. The van der Waals surface area contributed by atoms with Gasteiger partial charge in [-0.25, -0.2) is 0 Å². The van der Waals surface area contributed by atoms with Gasteiger partial charge in [0.25, 0.3) is 0 Å². The second-order valence-electron chi connectivity index (χ2n) is 5.60. The van der Waals surface area contributed by atoms with Gasteiger partial charge in [-0.05, 0) is 0 Å². The Morgan fingerprint density at radius 2 is 0.774 bits per heavy atom. The Labute approximate surface area is 158 Å². The lowest BCUT2D eigenvalue weighted by Crippen LogP contribution is -2.74. The molecule has 0 saturated carbocycles. The molecule has 0 aromatic heterocycles. The molecular weight excluding hydrogens is 502 g/mol. The summed E-state index contributed by atoms with van der Waals surface area (Å²) in [5.41, 5.74) is 0. The molecule has 3 nitrogen and oxygen atoms in total. The van der Waals surface area contributed by atoms with Crippen molar-refractivity contribution in [3.63, 3.8) is 0 Å². The molecule has 0 spiro atoms. The van der Waals surface area contributed by atoms with Crippen LogP contribution in [-0.2, 0) is 4.65 Å². The lowest BCUT2D eigenvalue weighted by atomic mass is 9.88. The molecule has 31 heavy (non-hydrogen) atoms. The molecule has 0 unspecified atom stereocenters. The van der Waals surface area contributed by atoms with E-state index in [0.29, 0.717) is 0 Å². The third-order valence-corrected chi connectivity index (χ3v) is 3.47. The van der Waals surface area contributed by atoms with E-state index in [1.54, 1.807) is 0 Å². The van der Waals surface area contributed by atoms with Crippen molar-refractivity contribution in [1.82, 2.24) is 0 Å². The Morgan fingerprint density at radius 1 is 0.484 bits per heavy atom. The Hall–Kier alpha value is -1.25. The highest BCUT2D eigenvalue weighted by Crippen LogP contribution is 2.64. The molecule has 0 aromatic carbocycles. The Balaban J connectivity index is 6.43. The van der Waals surface area contributed by atoms with Crippen molar-refractivity contribution >= 4 is 7.32 Å². The van der Waals surface area contributed by atoms with Gasteiger partial charge in [0.05, 0.1) is 0 Å². The van der Waals surface area contributed by atoms with Crippen molar-refractivity contribution in [2.75, 3.05) is 6.61 Å². The maximum atomic E-state index is 13.3. The van der Waals surface area contributed by atoms with Crippen LogP contribution in [0.2, 0.25) is 0 Å². The molecule has 0 aliphatic heterocycles. The fourth-order valence-electron chi connectivity index (χ4n) is 1.65. The van der Waals surface area contributed by atoms with E-state index in [0.717, 1.165) is 0 Å². The van der Waals surface area contributed by atoms with Crippen LogP contribution in [-0.4, -0.2) is 71.6 Å². The van der Waals surface area contributed by atoms with Crippen molar-refractivity contribution in [3.05, 3.63) is 0 Å². The van der Waals surface area contributed by atoms with E-state index >= 15 is 0 Å². The SMILES string of the molecule is OB(O)OCCC(F)(F)C(F)(F)C(F)(F)C(F)(F)C(F)(F)C(F)(F)C(F)(F)C(F)(F)F. The van der Waals surface area contributed by atoms with Crippen molar-refractivity contribution in [1.29, 1.82) is 0 Å². The summed E-state index contributed by atoms with van der Waals surface area (Å²) in [5, 5.41) is 16.1. The van der Waals surface area contributed by atoms with Gasteiger partial charge < -0.3 is 14.7 Å². The van der Waals surface area contributed by atoms with Crippen molar-refractivity contribution < 1.29 is 89.3 Å². The van der Waals surface area contributed by atoms with E-state index < -0.39 is 68.0 Å². The first-order chi connectivity index (χ1) is 13.2. The molecule has 21 heteroatoms. The molecule has 0 aromatic rings. The Morgan fingerprint density at radius 3 is 1.06 bits per heavy atom. The van der Waals surface area contributed by atoms with E-state index in [4.69, 9.17) is 10.0 Å². The van der Waals surface area contributed by atoms with Crippen LogP contribution >= 0.6 is 0 Å². The van der Waals surface area contributed by atoms with Gasteiger partial charge in [-0.1, -0.05) is 0 Å². The van der Waals surface area contributed by atoms with Crippen LogP contribution in [0.5, 0.6) is 0 Å². The summed E-state index contributed by atoms with van der Waals surface area (Å²) in [6, 6.07) is 0. The molecule has 0 bridgehead atoms. The van der Waals surface area contributed by atoms with Gasteiger partial charge in [-0.2, -0.15) is 74.6 Å². The first kappa shape index (κ1) is 29.8. The fourth-order valence-corrected chi connectivity index (χ4v) is 1.65. The Kier molecular flexibility index (Phi) is 7.64. The van der Waals surface area contributed by atoms with E-state index in [2.05, 4.69) is 4.65 Å². The smallest absolute Gasteiger partial charge is 0.402 e. The number of halogens is 17. The summed E-state index contributed by atoms with van der Waals surface area (Å²) in [6.45, 7) is -2.08. The average Bonchev–Trinajstić information content (AvgIpc) is 2.51. The molecule has 0 atom stereocenters. The second-order valence-corrected chi connectivity index (χ2v) is 5.60. The largest absolute Gasteiger partial charge is 0.633 e. The monoisotopic (exact) mass is 508 g/mol. The molecule has 2 N–H and O–H groups in total. The van der Waals surface area contributed by atoms with Gasteiger partial charge in [-0.3, -0.25) is 0 Å². The predicted octanol–water partition coefficient (Wildman–Crippen LogP) is 4.37. The summed E-state index contributed by atoms with van der Waals surface area (Å²) in [4.78, 5) is 0. The fraction of sp³-hybridized carbons (Fsp3) is 1.00. The highest BCUT2D eigenvalue weighted by Gasteiger charge is 2.95. The summed E-state index contributed by atoms with van der Waals surface area (Å²) in [6.07, 6.45) is -10.7. The van der Waals surface area contributed by atoms with Gasteiger partial charge >= 0.3 is 55.0 Å². The molecule has 0 aliphatic carbocycles. The zero-order valence-corrected chi connectivity index (χ0v) is 13.7. The highest BCUT2D eigenvalue weighted by molar-refractivity contribution is 6.32. The number of hydrogen-bond acceptors (Lipinski definition) is 3. The summed E-state index contributed by atoms with van der Waals surface area (Å²) in [7, 11) is -3.03. The maximum Gasteiger partial charge on any atom is 0.633 e. The van der Waals surface area contributed by atoms with Crippen molar-refractivity contribution in [2.45, 2.75) is 54.1 Å². The summed E-state index contributed by atoms with van der Waals surface area (Å²) < 4.78 is 222. The number of rotatable bonds is 10. The molecule has 0 heterocycles. The van der Waals surface area contributed by atoms with Crippen LogP contribution in [0.1, 0.15) is 6.42 Å². The first-order valence-electron chi connectivity index (χ1n) is 6.86. The lowest BCUT2D eigenvalue weighted by Gasteiger charge is -2.42. The zero-order chi connectivity index (χ0) is 25.7. The van der Waals surface area contributed by atoms with Crippen molar-refractivity contribution in [3.8, 4) is 0 Å². The molecule has 0 fully saturated rings. The van der Waals surface area contributed by atoms with E-state index in [-0.39, 0.29) is 0 Å². The summed E-state index contributed by atoms with van der Waals surface area (Å²) in [5.74, 6) is -56.9. The Bertz CT molecular complexity index is 628. The third kappa shape index (κ3) is 4.35. The van der Waals surface area contributed by atoms with E-state index in [1.807, 2.05) is 0 Å². The average molecular weight is 508 g/mol. The molecule has 0 aliphatic rings. The topological polar surface area (TPSA) is 49.7 Å². The normalized spacial score (nSPS) is 16.0. The van der Waals surface area contributed by atoms with Gasteiger partial charge in [-0.15, -0.1) is 0 Å². The standard InChI is InChI=1S/C10H6BF17O3/c12-3(13,1-2-31-11(29)30)4(14,15)5(16,17)6(18,19)7(20,21)8(22,23)9(24,25)10(26,27)28/h29-30H,1-2H2. The predicted molar refractivity (Wildman–Crippen MR) is 61.4 cm³/mol. The minimum Gasteiger partial charge on any atom is -0.402 e. The molecular formula is C10H6BF17O3. The lowest BCUT2D eigenvalue weighted by molar-refractivity contribution is -0.461. The molecule has 0 rings (SSSR count). The van der Waals surface area contributed by atoms with E-state index in [9.17, 15) is 74.6 Å². The highest BCUT2D eigenvalue weighted by atomic mass is 19.4. The third-order valence-electron chi connectivity index (χ3n) is 3.47. The van der Waals surface area contributed by atoms with Crippen LogP contribution in [0.3, 0.4) is 0 Å². The van der Waals surface area contributed by atoms with Crippen LogP contribution in [0.4, 0.5) is 74.6 Å². The number of alkyl halides is 17. The molecule has 0 saturated heterocycles. The minimum absolute atomic E-state index is 2.08.